The molecule has 2 aromatic carbocycles. The number of aliphatic imine (C=N–C) groups is 1. The minimum absolute atomic E-state index is 0. The number of ether oxygens (including phenoxy) is 3. The van der Waals surface area contributed by atoms with Crippen molar-refractivity contribution in [2.24, 2.45) is 4.99 Å². The molecule has 31 heavy (non-hydrogen) atoms. The van der Waals surface area contributed by atoms with Gasteiger partial charge in [-0.25, -0.2) is 4.39 Å². The zero-order chi connectivity index (χ0) is 21.9. The molecule has 172 valence electrons. The number of guanidine groups is 1. The van der Waals surface area contributed by atoms with Gasteiger partial charge in [0.2, 0.25) is 0 Å². The maximum atomic E-state index is 14.0. The van der Waals surface area contributed by atoms with E-state index in [9.17, 15) is 13.2 Å². The maximum Gasteiger partial charge on any atom is 0.387 e. The third-order valence-corrected chi connectivity index (χ3v) is 3.99. The molecule has 0 amide bonds. The molecule has 2 aromatic rings. The normalized spacial score (nSPS) is 11.0. The lowest BCUT2D eigenvalue weighted by molar-refractivity contribution is -0.0520. The van der Waals surface area contributed by atoms with Crippen LogP contribution < -0.4 is 24.8 Å². The fourth-order valence-corrected chi connectivity index (χ4v) is 2.70. The summed E-state index contributed by atoms with van der Waals surface area (Å²) >= 11 is 0. The highest BCUT2D eigenvalue weighted by atomic mass is 127. The van der Waals surface area contributed by atoms with Crippen LogP contribution in [0.15, 0.2) is 41.4 Å². The third-order valence-electron chi connectivity index (χ3n) is 3.99. The fourth-order valence-electron chi connectivity index (χ4n) is 2.70. The Morgan fingerprint density at radius 2 is 1.68 bits per heavy atom. The van der Waals surface area contributed by atoms with Crippen LogP contribution in [0.5, 0.6) is 17.2 Å². The van der Waals surface area contributed by atoms with Gasteiger partial charge in [-0.3, -0.25) is 4.99 Å². The van der Waals surface area contributed by atoms with Crippen LogP contribution in [0, 0.1) is 5.82 Å². The second-order valence-corrected chi connectivity index (χ2v) is 6.03. The molecule has 0 heterocycles. The van der Waals surface area contributed by atoms with Crippen LogP contribution >= 0.6 is 24.0 Å². The molecule has 2 N–H and O–H groups in total. The summed E-state index contributed by atoms with van der Waals surface area (Å²) in [4.78, 5) is 4.09. The van der Waals surface area contributed by atoms with Crippen molar-refractivity contribution < 1.29 is 27.4 Å². The van der Waals surface area contributed by atoms with E-state index < -0.39 is 12.4 Å². The van der Waals surface area contributed by atoms with Gasteiger partial charge in [-0.05, 0) is 37.6 Å². The first-order valence-corrected chi connectivity index (χ1v) is 9.53. The van der Waals surface area contributed by atoms with Crippen LogP contribution in [0.2, 0.25) is 0 Å². The van der Waals surface area contributed by atoms with Crippen molar-refractivity contribution >= 4 is 29.9 Å². The number of nitrogens with one attached hydrogen (secondary N) is 2. The van der Waals surface area contributed by atoms with Gasteiger partial charge in [0.1, 0.15) is 0 Å². The minimum atomic E-state index is -2.97. The number of nitrogens with zero attached hydrogens (tertiary/aromatic N) is 1. The van der Waals surface area contributed by atoms with Crippen molar-refractivity contribution in [1.82, 2.24) is 10.6 Å². The van der Waals surface area contributed by atoms with E-state index in [-0.39, 0.29) is 47.8 Å². The quantitative estimate of drug-likeness (QED) is 0.254. The number of hydrogen-bond donors (Lipinski definition) is 2. The van der Waals surface area contributed by atoms with Crippen LogP contribution in [-0.2, 0) is 13.1 Å². The van der Waals surface area contributed by atoms with Crippen LogP contribution in [0.25, 0.3) is 0 Å². The fraction of sp³-hybridized carbons (Fsp3) is 0.381. The lowest BCUT2D eigenvalue weighted by Gasteiger charge is -2.17. The highest BCUT2D eigenvalue weighted by Gasteiger charge is 2.16. The van der Waals surface area contributed by atoms with Crippen molar-refractivity contribution in [2.75, 3.05) is 20.3 Å². The summed E-state index contributed by atoms with van der Waals surface area (Å²) in [6, 6.07) is 9.61. The standard InChI is InChI=1S/C21H26F3N3O3.HI/c1-4-28-17-10-9-14(11-16(17)22)12-26-21(25-3)27-13-15-7-6-8-18(29-5-2)19(15)30-20(23)24;/h6-11,20H,4-5,12-13H2,1-3H3,(H2,25,26,27);1H. The lowest BCUT2D eigenvalue weighted by Crippen LogP contribution is -2.36. The molecular formula is C21H27F3IN3O3. The molecule has 0 bridgehead atoms. The van der Waals surface area contributed by atoms with Gasteiger partial charge in [-0.2, -0.15) is 8.78 Å². The molecule has 0 aliphatic heterocycles. The molecule has 0 aliphatic rings. The third kappa shape index (κ3) is 8.35. The van der Waals surface area contributed by atoms with E-state index in [0.717, 1.165) is 0 Å². The summed E-state index contributed by atoms with van der Waals surface area (Å²) in [5, 5.41) is 6.07. The summed E-state index contributed by atoms with van der Waals surface area (Å²) in [6.45, 7) is 1.74. The van der Waals surface area contributed by atoms with Gasteiger partial charge >= 0.3 is 6.61 Å². The second kappa shape index (κ2) is 13.8. The molecule has 0 spiro atoms. The molecule has 0 saturated heterocycles. The smallest absolute Gasteiger partial charge is 0.387 e. The topological polar surface area (TPSA) is 64.1 Å². The van der Waals surface area contributed by atoms with E-state index in [0.29, 0.717) is 36.8 Å². The molecule has 0 saturated carbocycles. The van der Waals surface area contributed by atoms with Gasteiger partial charge in [0.05, 0.1) is 13.2 Å². The Kier molecular flexibility index (Phi) is 11.9. The second-order valence-electron chi connectivity index (χ2n) is 6.03. The van der Waals surface area contributed by atoms with E-state index in [1.54, 1.807) is 51.2 Å². The number of hydrogen-bond acceptors (Lipinski definition) is 4. The molecule has 10 heteroatoms. The highest BCUT2D eigenvalue weighted by molar-refractivity contribution is 14.0. The highest BCUT2D eigenvalue weighted by Crippen LogP contribution is 2.32. The van der Waals surface area contributed by atoms with Crippen molar-refractivity contribution in [1.29, 1.82) is 0 Å². The van der Waals surface area contributed by atoms with Gasteiger partial charge in [0.25, 0.3) is 0 Å². The lowest BCUT2D eigenvalue weighted by atomic mass is 10.2. The van der Waals surface area contributed by atoms with Crippen LogP contribution in [0.1, 0.15) is 25.0 Å². The van der Waals surface area contributed by atoms with E-state index >= 15 is 0 Å². The van der Waals surface area contributed by atoms with Gasteiger partial charge in [0.15, 0.2) is 29.0 Å². The van der Waals surface area contributed by atoms with Gasteiger partial charge in [0, 0.05) is 25.7 Å². The average Bonchev–Trinajstić information content (AvgIpc) is 2.72. The minimum Gasteiger partial charge on any atom is -0.491 e. The number of benzene rings is 2. The van der Waals surface area contributed by atoms with Gasteiger partial charge in [-0.15, -0.1) is 24.0 Å². The summed E-state index contributed by atoms with van der Waals surface area (Å²) in [5.41, 5.74) is 1.18. The van der Waals surface area contributed by atoms with Crippen molar-refractivity contribution in [2.45, 2.75) is 33.5 Å². The average molecular weight is 553 g/mol. The number of rotatable bonds is 10. The van der Waals surface area contributed by atoms with Crippen molar-refractivity contribution in [3.05, 3.63) is 53.3 Å². The molecule has 0 atom stereocenters. The first-order valence-electron chi connectivity index (χ1n) is 9.53. The molecule has 0 fully saturated rings. The Balaban J connectivity index is 0.00000480. The Morgan fingerprint density at radius 1 is 1.00 bits per heavy atom. The van der Waals surface area contributed by atoms with E-state index in [1.165, 1.54) is 6.07 Å². The molecule has 6 nitrogen and oxygen atoms in total. The number of halogens is 4. The summed E-state index contributed by atoms with van der Waals surface area (Å²) in [5.74, 6) is 0.384. The number of para-hydroxylation sites is 1. The summed E-state index contributed by atoms with van der Waals surface area (Å²) in [7, 11) is 1.57. The Bertz CT molecular complexity index is 854. The zero-order valence-electron chi connectivity index (χ0n) is 17.6. The molecule has 0 aliphatic carbocycles. The van der Waals surface area contributed by atoms with E-state index in [1.807, 2.05) is 0 Å². The summed E-state index contributed by atoms with van der Waals surface area (Å²) in [6.07, 6.45) is 0. The predicted molar refractivity (Wildman–Crippen MR) is 124 cm³/mol. The van der Waals surface area contributed by atoms with Crippen molar-refractivity contribution in [3.8, 4) is 17.2 Å². The Hall–Kier alpha value is -2.37. The largest absolute Gasteiger partial charge is 0.491 e. The van der Waals surface area contributed by atoms with E-state index in [2.05, 4.69) is 20.4 Å². The predicted octanol–water partition coefficient (Wildman–Crippen LogP) is 4.71. The Morgan fingerprint density at radius 3 is 2.29 bits per heavy atom. The maximum absolute atomic E-state index is 14.0. The molecular weight excluding hydrogens is 526 g/mol. The molecule has 0 aromatic heterocycles. The first kappa shape index (κ1) is 26.7. The van der Waals surface area contributed by atoms with Crippen LogP contribution in [0.3, 0.4) is 0 Å². The van der Waals surface area contributed by atoms with Gasteiger partial charge < -0.3 is 24.8 Å². The molecule has 2 rings (SSSR count). The SMILES string of the molecule is CCOc1ccc(CNC(=NC)NCc2cccc(OCC)c2OC(F)F)cc1F.I. The summed E-state index contributed by atoms with van der Waals surface area (Å²) < 4.78 is 54.9. The van der Waals surface area contributed by atoms with Crippen LogP contribution in [0.4, 0.5) is 13.2 Å². The zero-order valence-corrected chi connectivity index (χ0v) is 19.9. The van der Waals surface area contributed by atoms with Gasteiger partial charge in [-0.1, -0.05) is 18.2 Å². The van der Waals surface area contributed by atoms with Crippen molar-refractivity contribution in [3.63, 3.8) is 0 Å². The number of alkyl halides is 2. The monoisotopic (exact) mass is 553 g/mol. The molecule has 0 unspecified atom stereocenters. The van der Waals surface area contributed by atoms with E-state index in [4.69, 9.17) is 9.47 Å². The molecule has 0 radical (unpaired) electrons. The Labute approximate surface area is 197 Å². The first-order chi connectivity index (χ1) is 14.5. The van der Waals surface area contributed by atoms with Crippen LogP contribution in [-0.4, -0.2) is 32.8 Å².